The van der Waals surface area contributed by atoms with Crippen LogP contribution in [-0.2, 0) is 4.79 Å². The van der Waals surface area contributed by atoms with Crippen molar-refractivity contribution in [1.82, 2.24) is 0 Å². The standard InChI is InChI=1S/C15H13Cl2N3O2/c1-9(21)20(12-4-2-3-11(18)8-12)15(22)19-14-7-10(16)5-6-13(14)17/h2-8H,18H2,1H3,(H,19,22). The van der Waals surface area contributed by atoms with Gasteiger partial charge in [-0.25, -0.2) is 9.69 Å². The summed E-state index contributed by atoms with van der Waals surface area (Å²) < 4.78 is 0. The van der Waals surface area contributed by atoms with E-state index in [1.165, 1.54) is 19.1 Å². The van der Waals surface area contributed by atoms with E-state index in [2.05, 4.69) is 5.32 Å². The van der Waals surface area contributed by atoms with Crippen molar-refractivity contribution in [3.63, 3.8) is 0 Å². The quantitative estimate of drug-likeness (QED) is 0.808. The van der Waals surface area contributed by atoms with Gasteiger partial charge in [0.25, 0.3) is 0 Å². The van der Waals surface area contributed by atoms with Gasteiger partial charge >= 0.3 is 6.03 Å². The topological polar surface area (TPSA) is 75.4 Å². The van der Waals surface area contributed by atoms with Crippen molar-refractivity contribution in [1.29, 1.82) is 0 Å². The second-order valence-corrected chi connectivity index (χ2v) is 5.35. The number of anilines is 3. The third-order valence-electron chi connectivity index (χ3n) is 2.82. The number of imide groups is 1. The Morgan fingerprint density at radius 1 is 1.14 bits per heavy atom. The molecule has 0 bridgehead atoms. The summed E-state index contributed by atoms with van der Waals surface area (Å²) in [6.07, 6.45) is 0. The molecule has 2 rings (SSSR count). The van der Waals surface area contributed by atoms with Crippen molar-refractivity contribution in [2.75, 3.05) is 16.0 Å². The molecule has 5 nitrogen and oxygen atoms in total. The van der Waals surface area contributed by atoms with E-state index in [9.17, 15) is 9.59 Å². The van der Waals surface area contributed by atoms with Crippen molar-refractivity contribution in [3.05, 3.63) is 52.5 Å². The van der Waals surface area contributed by atoms with Gasteiger partial charge in [0, 0.05) is 17.6 Å². The van der Waals surface area contributed by atoms with Gasteiger partial charge in [-0.1, -0.05) is 29.3 Å². The molecule has 0 radical (unpaired) electrons. The molecule has 3 N–H and O–H groups in total. The van der Waals surface area contributed by atoms with Gasteiger partial charge in [-0.3, -0.25) is 4.79 Å². The molecule has 0 saturated heterocycles. The van der Waals surface area contributed by atoms with E-state index in [0.29, 0.717) is 27.1 Å². The van der Waals surface area contributed by atoms with Crippen LogP contribution in [0.2, 0.25) is 10.0 Å². The average Bonchev–Trinajstić information content (AvgIpc) is 2.42. The Kier molecular flexibility index (Phi) is 4.90. The van der Waals surface area contributed by atoms with Crippen LogP contribution >= 0.6 is 23.2 Å². The number of rotatable bonds is 2. The number of nitrogen functional groups attached to an aromatic ring is 1. The number of nitrogens with two attached hydrogens (primary N) is 1. The molecular formula is C15H13Cl2N3O2. The predicted octanol–water partition coefficient (Wildman–Crippen LogP) is 4.16. The Morgan fingerprint density at radius 2 is 1.86 bits per heavy atom. The summed E-state index contributed by atoms with van der Waals surface area (Å²) in [5, 5.41) is 3.29. The molecule has 3 amide bonds. The fourth-order valence-electron chi connectivity index (χ4n) is 1.87. The molecule has 0 unspecified atom stereocenters. The molecule has 0 atom stereocenters. The van der Waals surface area contributed by atoms with E-state index in [1.54, 1.807) is 30.3 Å². The van der Waals surface area contributed by atoms with Gasteiger partial charge in [0.1, 0.15) is 0 Å². The van der Waals surface area contributed by atoms with Crippen molar-refractivity contribution < 1.29 is 9.59 Å². The van der Waals surface area contributed by atoms with Crippen LogP contribution in [0.15, 0.2) is 42.5 Å². The summed E-state index contributed by atoms with van der Waals surface area (Å²) in [5.41, 5.74) is 6.81. The fourth-order valence-corrected chi connectivity index (χ4v) is 2.21. The maximum atomic E-state index is 12.4. The molecule has 114 valence electrons. The molecule has 0 aliphatic rings. The van der Waals surface area contributed by atoms with Gasteiger partial charge in [0.2, 0.25) is 5.91 Å². The van der Waals surface area contributed by atoms with Crippen LogP contribution in [-0.4, -0.2) is 11.9 Å². The minimum atomic E-state index is -0.651. The van der Waals surface area contributed by atoms with Crippen LogP contribution in [0.3, 0.4) is 0 Å². The Bertz CT molecular complexity index is 734. The molecule has 0 fully saturated rings. The number of nitrogens with zero attached hydrogens (tertiary/aromatic N) is 1. The molecule has 0 aliphatic heterocycles. The van der Waals surface area contributed by atoms with Crippen LogP contribution in [0.1, 0.15) is 6.92 Å². The highest BCUT2D eigenvalue weighted by Crippen LogP contribution is 2.26. The van der Waals surface area contributed by atoms with Crippen molar-refractivity contribution in [3.8, 4) is 0 Å². The summed E-state index contributed by atoms with van der Waals surface area (Å²) in [7, 11) is 0. The lowest BCUT2D eigenvalue weighted by Crippen LogP contribution is -2.38. The molecule has 2 aromatic rings. The zero-order valence-corrected chi connectivity index (χ0v) is 13.2. The SMILES string of the molecule is CC(=O)N(C(=O)Nc1cc(Cl)ccc1Cl)c1cccc(N)c1. The van der Waals surface area contributed by atoms with Crippen LogP contribution in [0.25, 0.3) is 0 Å². The highest BCUT2D eigenvalue weighted by molar-refractivity contribution is 6.36. The molecule has 0 spiro atoms. The molecular weight excluding hydrogens is 325 g/mol. The second kappa shape index (κ2) is 6.68. The van der Waals surface area contributed by atoms with Crippen LogP contribution in [0.5, 0.6) is 0 Å². The number of benzene rings is 2. The Labute approximate surface area is 137 Å². The van der Waals surface area contributed by atoms with Gasteiger partial charge < -0.3 is 11.1 Å². The number of amides is 3. The Balaban J connectivity index is 2.31. The molecule has 22 heavy (non-hydrogen) atoms. The van der Waals surface area contributed by atoms with E-state index in [1.807, 2.05) is 0 Å². The lowest BCUT2D eigenvalue weighted by Gasteiger charge is -2.20. The second-order valence-electron chi connectivity index (χ2n) is 4.50. The number of hydrogen-bond donors (Lipinski definition) is 2. The van der Waals surface area contributed by atoms with Gasteiger partial charge in [-0.15, -0.1) is 0 Å². The molecule has 2 aromatic carbocycles. The van der Waals surface area contributed by atoms with Gasteiger partial charge in [-0.2, -0.15) is 0 Å². The first-order chi connectivity index (χ1) is 10.4. The monoisotopic (exact) mass is 337 g/mol. The largest absolute Gasteiger partial charge is 0.399 e. The molecule has 0 aliphatic carbocycles. The molecule has 0 aromatic heterocycles. The third-order valence-corrected chi connectivity index (χ3v) is 3.38. The van der Waals surface area contributed by atoms with Crippen LogP contribution in [0, 0.1) is 0 Å². The summed E-state index contributed by atoms with van der Waals surface area (Å²) in [6, 6.07) is 10.4. The minimum absolute atomic E-state index is 0.314. The average molecular weight is 338 g/mol. The number of hydrogen-bond acceptors (Lipinski definition) is 3. The molecule has 0 heterocycles. The number of nitrogens with one attached hydrogen (secondary N) is 1. The molecule has 7 heteroatoms. The van der Waals surface area contributed by atoms with Gasteiger partial charge in [0.05, 0.1) is 16.4 Å². The lowest BCUT2D eigenvalue weighted by atomic mass is 10.2. The summed E-state index contributed by atoms with van der Waals surface area (Å²) >= 11 is 11.9. The normalized spacial score (nSPS) is 10.1. The number of urea groups is 1. The zero-order chi connectivity index (χ0) is 16.3. The zero-order valence-electron chi connectivity index (χ0n) is 11.6. The van der Waals surface area contributed by atoms with Crippen molar-refractivity contribution in [2.24, 2.45) is 0 Å². The van der Waals surface area contributed by atoms with E-state index < -0.39 is 11.9 Å². The van der Waals surface area contributed by atoms with E-state index in [0.717, 1.165) is 4.90 Å². The fraction of sp³-hybridized carbons (Fsp3) is 0.0667. The lowest BCUT2D eigenvalue weighted by molar-refractivity contribution is -0.115. The van der Waals surface area contributed by atoms with Crippen LogP contribution < -0.4 is 16.0 Å². The summed E-state index contributed by atoms with van der Waals surface area (Å²) in [4.78, 5) is 25.2. The Hall–Kier alpha value is -2.24. The highest BCUT2D eigenvalue weighted by Gasteiger charge is 2.21. The Morgan fingerprint density at radius 3 is 2.50 bits per heavy atom. The first kappa shape index (κ1) is 16.1. The van der Waals surface area contributed by atoms with Crippen LogP contribution in [0.4, 0.5) is 21.9 Å². The first-order valence-electron chi connectivity index (χ1n) is 6.31. The minimum Gasteiger partial charge on any atom is -0.399 e. The summed E-state index contributed by atoms with van der Waals surface area (Å²) in [6.45, 7) is 1.28. The van der Waals surface area contributed by atoms with Crippen molar-refractivity contribution in [2.45, 2.75) is 6.92 Å². The first-order valence-corrected chi connectivity index (χ1v) is 7.06. The number of halogens is 2. The van der Waals surface area contributed by atoms with E-state index in [-0.39, 0.29) is 0 Å². The number of carbonyl (C=O) groups excluding carboxylic acids is 2. The third kappa shape index (κ3) is 3.69. The van der Waals surface area contributed by atoms with E-state index in [4.69, 9.17) is 28.9 Å². The van der Waals surface area contributed by atoms with E-state index >= 15 is 0 Å². The maximum Gasteiger partial charge on any atom is 0.333 e. The molecule has 0 saturated carbocycles. The summed E-state index contributed by atoms with van der Waals surface area (Å²) in [5.74, 6) is -0.457. The highest BCUT2D eigenvalue weighted by atomic mass is 35.5. The number of carbonyl (C=O) groups is 2. The smallest absolute Gasteiger partial charge is 0.333 e. The maximum absolute atomic E-state index is 12.4. The predicted molar refractivity (Wildman–Crippen MR) is 89.5 cm³/mol. The van der Waals surface area contributed by atoms with Gasteiger partial charge in [0.15, 0.2) is 0 Å². The van der Waals surface area contributed by atoms with Crippen molar-refractivity contribution >= 4 is 52.2 Å². The van der Waals surface area contributed by atoms with Gasteiger partial charge in [-0.05, 0) is 36.4 Å².